The molecule has 2 aromatic carbocycles. The largest absolute Gasteiger partial charge is 0.457 e. The van der Waals surface area contributed by atoms with Gasteiger partial charge in [0.1, 0.15) is 17.6 Å². The van der Waals surface area contributed by atoms with E-state index in [1.807, 2.05) is 30.3 Å². The van der Waals surface area contributed by atoms with E-state index in [-0.39, 0.29) is 18.1 Å². The van der Waals surface area contributed by atoms with Crippen molar-refractivity contribution in [3.8, 4) is 0 Å². The molecule has 0 N–H and O–H groups in total. The third kappa shape index (κ3) is 2.79. The van der Waals surface area contributed by atoms with E-state index in [9.17, 15) is 14.4 Å². The molecule has 0 aromatic heterocycles. The van der Waals surface area contributed by atoms with Crippen molar-refractivity contribution in [2.45, 2.75) is 31.5 Å². The van der Waals surface area contributed by atoms with Crippen molar-refractivity contribution in [1.29, 1.82) is 0 Å². The number of benzene rings is 2. The average Bonchev–Trinajstić information content (AvgIpc) is 3.07. The summed E-state index contributed by atoms with van der Waals surface area (Å²) >= 11 is 6.36. The van der Waals surface area contributed by atoms with Crippen molar-refractivity contribution in [3.63, 3.8) is 0 Å². The molecule has 6 nitrogen and oxygen atoms in total. The maximum atomic E-state index is 13.0. The molecule has 0 spiro atoms. The van der Waals surface area contributed by atoms with Crippen LogP contribution in [0.2, 0.25) is 5.02 Å². The lowest BCUT2D eigenvalue weighted by molar-refractivity contribution is -0.164. The number of ether oxygens (including phenoxy) is 3. The summed E-state index contributed by atoms with van der Waals surface area (Å²) in [7, 11) is 0. The van der Waals surface area contributed by atoms with E-state index in [1.54, 1.807) is 26.0 Å². The minimum Gasteiger partial charge on any atom is -0.457 e. The Balaban J connectivity index is 1.67. The SMILES string of the molecule is C=C(C)C(=O)OC(C)COC12c3ccccc3C(c3ccc(Cl)cc31)C1C(=O)OC(=O)C12. The highest BCUT2D eigenvalue weighted by Crippen LogP contribution is 2.64. The molecule has 2 aromatic rings. The van der Waals surface area contributed by atoms with E-state index >= 15 is 0 Å². The van der Waals surface area contributed by atoms with Gasteiger partial charge in [-0.3, -0.25) is 9.59 Å². The summed E-state index contributed by atoms with van der Waals surface area (Å²) in [6.07, 6.45) is -0.616. The van der Waals surface area contributed by atoms with Crippen molar-refractivity contribution in [1.82, 2.24) is 0 Å². The molecule has 32 heavy (non-hydrogen) atoms. The van der Waals surface area contributed by atoms with E-state index in [0.29, 0.717) is 5.02 Å². The number of carbonyl (C=O) groups excluding carboxylic acids is 3. The van der Waals surface area contributed by atoms with Crippen molar-refractivity contribution in [3.05, 3.63) is 81.9 Å². The third-order valence-electron chi connectivity index (χ3n) is 6.53. The van der Waals surface area contributed by atoms with Gasteiger partial charge in [0.2, 0.25) is 0 Å². The molecule has 2 bridgehead atoms. The van der Waals surface area contributed by atoms with E-state index in [4.69, 9.17) is 25.8 Å². The Kier molecular flexibility index (Phi) is 4.76. The molecule has 4 aliphatic rings. The maximum Gasteiger partial charge on any atom is 0.333 e. The first-order valence-corrected chi connectivity index (χ1v) is 10.8. The number of rotatable bonds is 5. The van der Waals surface area contributed by atoms with Gasteiger partial charge >= 0.3 is 17.9 Å². The highest BCUT2D eigenvalue weighted by Gasteiger charge is 2.68. The summed E-state index contributed by atoms with van der Waals surface area (Å²) in [5.74, 6) is -3.56. The van der Waals surface area contributed by atoms with Gasteiger partial charge in [-0.25, -0.2) is 4.79 Å². The van der Waals surface area contributed by atoms with Gasteiger partial charge in [0.05, 0.1) is 12.5 Å². The highest BCUT2D eigenvalue weighted by atomic mass is 35.5. The lowest BCUT2D eigenvalue weighted by Gasteiger charge is -2.53. The Bertz CT molecular complexity index is 1190. The summed E-state index contributed by atoms with van der Waals surface area (Å²) < 4.78 is 17.0. The van der Waals surface area contributed by atoms with Crippen LogP contribution in [0.4, 0.5) is 0 Å². The van der Waals surface area contributed by atoms with Crippen molar-refractivity contribution < 1.29 is 28.6 Å². The topological polar surface area (TPSA) is 78.9 Å². The molecule has 3 aliphatic carbocycles. The van der Waals surface area contributed by atoms with Crippen LogP contribution in [-0.2, 0) is 34.2 Å². The number of halogens is 1. The molecule has 1 aliphatic heterocycles. The van der Waals surface area contributed by atoms with Gasteiger partial charge < -0.3 is 14.2 Å². The van der Waals surface area contributed by atoms with Gasteiger partial charge in [-0.05, 0) is 48.2 Å². The standard InChI is InChI=1S/C25H21ClO6/c1-12(2)22(27)31-13(3)11-30-25-17-7-5-4-6-15(17)19(16-9-8-14(26)10-18(16)25)20-21(25)24(29)32-23(20)28/h4-10,13,19-21H,1,11H2,2-3H3. The molecule has 1 fully saturated rings. The van der Waals surface area contributed by atoms with Crippen LogP contribution in [0.25, 0.3) is 0 Å². The second-order valence-electron chi connectivity index (χ2n) is 8.58. The predicted molar refractivity (Wildman–Crippen MR) is 115 cm³/mol. The summed E-state index contributed by atoms with van der Waals surface area (Å²) in [6, 6.07) is 13.1. The first kappa shape index (κ1) is 20.9. The van der Waals surface area contributed by atoms with Crippen LogP contribution in [0.1, 0.15) is 42.0 Å². The van der Waals surface area contributed by atoms with Crippen molar-refractivity contribution in [2.75, 3.05) is 6.61 Å². The van der Waals surface area contributed by atoms with Crippen LogP contribution in [0, 0.1) is 11.8 Å². The lowest BCUT2D eigenvalue weighted by Crippen LogP contribution is -2.55. The van der Waals surface area contributed by atoms with Gasteiger partial charge in [-0.1, -0.05) is 48.5 Å². The number of carbonyl (C=O) groups is 3. The molecule has 164 valence electrons. The van der Waals surface area contributed by atoms with Gasteiger partial charge in [0.25, 0.3) is 0 Å². The number of cyclic esters (lactones) is 2. The normalized spacial score (nSPS) is 27.8. The Morgan fingerprint density at radius 3 is 2.62 bits per heavy atom. The molecular formula is C25H21ClO6. The third-order valence-corrected chi connectivity index (χ3v) is 6.77. The first-order chi connectivity index (χ1) is 15.3. The Hall–Kier alpha value is -2.96. The fourth-order valence-electron chi connectivity index (χ4n) is 5.33. The second kappa shape index (κ2) is 7.29. The molecular weight excluding hydrogens is 432 g/mol. The molecule has 6 rings (SSSR count). The number of hydrogen-bond acceptors (Lipinski definition) is 6. The van der Waals surface area contributed by atoms with Crippen LogP contribution in [0.3, 0.4) is 0 Å². The molecule has 1 saturated heterocycles. The smallest absolute Gasteiger partial charge is 0.333 e. The zero-order chi connectivity index (χ0) is 22.8. The molecule has 5 unspecified atom stereocenters. The Labute approximate surface area is 190 Å². The second-order valence-corrected chi connectivity index (χ2v) is 9.02. The molecule has 0 radical (unpaired) electrons. The predicted octanol–water partition coefficient (Wildman–Crippen LogP) is 3.88. The van der Waals surface area contributed by atoms with E-state index in [0.717, 1.165) is 22.3 Å². The van der Waals surface area contributed by atoms with E-state index in [1.165, 1.54) is 0 Å². The Morgan fingerprint density at radius 2 is 1.88 bits per heavy atom. The summed E-state index contributed by atoms with van der Waals surface area (Å²) in [6.45, 7) is 6.86. The maximum absolute atomic E-state index is 13.0. The molecule has 0 saturated carbocycles. The lowest BCUT2D eigenvalue weighted by atomic mass is 9.52. The van der Waals surface area contributed by atoms with Crippen LogP contribution < -0.4 is 0 Å². The zero-order valence-corrected chi connectivity index (χ0v) is 18.3. The average molecular weight is 453 g/mol. The van der Waals surface area contributed by atoms with E-state index < -0.39 is 41.4 Å². The van der Waals surface area contributed by atoms with Crippen LogP contribution >= 0.6 is 11.6 Å². The van der Waals surface area contributed by atoms with Gasteiger partial charge in [0, 0.05) is 16.5 Å². The monoisotopic (exact) mass is 452 g/mol. The number of esters is 3. The minimum atomic E-state index is -1.29. The minimum absolute atomic E-state index is 0.00529. The first-order valence-electron chi connectivity index (χ1n) is 10.4. The zero-order valence-electron chi connectivity index (χ0n) is 17.6. The fraction of sp³-hybridized carbons (Fsp3) is 0.320. The van der Waals surface area contributed by atoms with Crippen molar-refractivity contribution >= 4 is 29.5 Å². The van der Waals surface area contributed by atoms with Crippen LogP contribution in [-0.4, -0.2) is 30.6 Å². The molecule has 7 heteroatoms. The summed E-state index contributed by atoms with van der Waals surface area (Å²) in [4.78, 5) is 37.7. The molecule has 5 atom stereocenters. The number of hydrogen-bond donors (Lipinski definition) is 0. The van der Waals surface area contributed by atoms with Gasteiger partial charge in [0.15, 0.2) is 0 Å². The van der Waals surface area contributed by atoms with Gasteiger partial charge in [-0.15, -0.1) is 0 Å². The van der Waals surface area contributed by atoms with Crippen LogP contribution in [0.15, 0.2) is 54.6 Å². The molecule has 0 amide bonds. The Morgan fingerprint density at radius 1 is 1.16 bits per heavy atom. The fourth-order valence-corrected chi connectivity index (χ4v) is 5.51. The van der Waals surface area contributed by atoms with Crippen molar-refractivity contribution in [2.24, 2.45) is 11.8 Å². The van der Waals surface area contributed by atoms with Crippen LogP contribution in [0.5, 0.6) is 0 Å². The highest BCUT2D eigenvalue weighted by molar-refractivity contribution is 6.30. The summed E-state index contributed by atoms with van der Waals surface area (Å²) in [5, 5.41) is 0.493. The van der Waals surface area contributed by atoms with E-state index in [2.05, 4.69) is 6.58 Å². The molecule has 1 heterocycles. The van der Waals surface area contributed by atoms with Gasteiger partial charge in [-0.2, -0.15) is 0 Å². The quantitative estimate of drug-likeness (QED) is 0.389. The summed E-state index contributed by atoms with van der Waals surface area (Å²) in [5.41, 5.74) is 2.32.